The minimum atomic E-state index is -0.247. The van der Waals surface area contributed by atoms with Gasteiger partial charge in [-0.1, -0.05) is 20.8 Å². The Balaban J connectivity index is 1.66. The van der Waals surface area contributed by atoms with Crippen molar-refractivity contribution in [2.75, 3.05) is 19.6 Å². The second kappa shape index (κ2) is 6.12. The zero-order valence-corrected chi connectivity index (χ0v) is 12.9. The van der Waals surface area contributed by atoms with E-state index in [4.69, 9.17) is 0 Å². The average molecular weight is 281 g/mol. The number of hydrogen-bond donors (Lipinski definition) is 2. The number of hydrogen-bond acceptors (Lipinski definition) is 3. The summed E-state index contributed by atoms with van der Waals surface area (Å²) in [4.78, 5) is 24.1. The van der Waals surface area contributed by atoms with Crippen molar-refractivity contribution in [1.29, 1.82) is 0 Å². The highest BCUT2D eigenvalue weighted by molar-refractivity contribution is 6.01. The molecule has 0 bridgehead atoms. The van der Waals surface area contributed by atoms with Gasteiger partial charge in [0.15, 0.2) is 0 Å². The summed E-state index contributed by atoms with van der Waals surface area (Å²) in [6.07, 6.45) is 4.57. The zero-order chi connectivity index (χ0) is 14.8. The Morgan fingerprint density at radius 1 is 1.40 bits per heavy atom. The lowest BCUT2D eigenvalue weighted by Gasteiger charge is -2.39. The molecule has 0 unspecified atom stereocenters. The second-order valence-corrected chi connectivity index (χ2v) is 7.00. The van der Waals surface area contributed by atoms with E-state index in [0.29, 0.717) is 23.9 Å². The number of urea groups is 1. The Hall–Kier alpha value is -1.10. The second-order valence-electron chi connectivity index (χ2n) is 7.00. The third kappa shape index (κ3) is 3.72. The van der Waals surface area contributed by atoms with Crippen LogP contribution in [-0.2, 0) is 4.79 Å². The number of nitrogens with zero attached hydrogens (tertiary/aromatic N) is 1. The maximum absolute atomic E-state index is 11.4. The van der Waals surface area contributed by atoms with E-state index in [-0.39, 0.29) is 18.5 Å². The molecule has 2 atom stereocenters. The minimum Gasteiger partial charge on any atom is -0.329 e. The van der Waals surface area contributed by atoms with Crippen molar-refractivity contribution >= 4 is 11.9 Å². The molecule has 2 rings (SSSR count). The Kier molecular flexibility index (Phi) is 4.68. The van der Waals surface area contributed by atoms with E-state index < -0.39 is 0 Å². The van der Waals surface area contributed by atoms with Crippen molar-refractivity contribution in [2.24, 2.45) is 11.3 Å². The van der Waals surface area contributed by atoms with Crippen molar-refractivity contribution < 1.29 is 9.59 Å². The molecule has 114 valence electrons. The lowest BCUT2D eigenvalue weighted by Crippen LogP contribution is -2.42. The highest BCUT2D eigenvalue weighted by Gasteiger charge is 2.32. The molecule has 1 aliphatic carbocycles. The van der Waals surface area contributed by atoms with Gasteiger partial charge in [0.1, 0.15) is 0 Å². The first-order valence-corrected chi connectivity index (χ1v) is 7.71. The Labute approximate surface area is 121 Å². The summed E-state index contributed by atoms with van der Waals surface area (Å²) < 4.78 is 0. The van der Waals surface area contributed by atoms with E-state index in [2.05, 4.69) is 31.4 Å². The summed E-state index contributed by atoms with van der Waals surface area (Å²) in [5.41, 5.74) is 0.470. The molecule has 1 saturated carbocycles. The van der Waals surface area contributed by atoms with Gasteiger partial charge < -0.3 is 10.6 Å². The molecule has 0 aromatic carbocycles. The summed E-state index contributed by atoms with van der Waals surface area (Å²) in [6.45, 7) is 8.54. The van der Waals surface area contributed by atoms with Gasteiger partial charge in [-0.15, -0.1) is 0 Å². The molecular weight excluding hydrogens is 254 g/mol. The SMILES string of the molecule is C[C@H]1CC(C)(C)CC[C@H]1NCCCN1C(=O)CNC1=O. The summed E-state index contributed by atoms with van der Waals surface area (Å²) in [5, 5.41) is 6.14. The molecule has 1 heterocycles. The molecule has 2 aliphatic rings. The van der Waals surface area contributed by atoms with Gasteiger partial charge in [-0.05, 0) is 43.6 Å². The Morgan fingerprint density at radius 2 is 2.15 bits per heavy atom. The first-order valence-electron chi connectivity index (χ1n) is 7.71. The van der Waals surface area contributed by atoms with E-state index in [9.17, 15) is 9.59 Å². The predicted octanol–water partition coefficient (Wildman–Crippen LogP) is 1.73. The fraction of sp³-hybridized carbons (Fsp3) is 0.867. The van der Waals surface area contributed by atoms with Crippen molar-refractivity contribution in [2.45, 2.75) is 52.5 Å². The van der Waals surface area contributed by atoms with Gasteiger partial charge in [0.05, 0.1) is 6.54 Å². The van der Waals surface area contributed by atoms with E-state index in [1.807, 2.05) is 0 Å². The van der Waals surface area contributed by atoms with Gasteiger partial charge >= 0.3 is 6.03 Å². The van der Waals surface area contributed by atoms with Crippen LogP contribution in [0.4, 0.5) is 4.79 Å². The van der Waals surface area contributed by atoms with Crippen LogP contribution in [0.15, 0.2) is 0 Å². The van der Waals surface area contributed by atoms with Gasteiger partial charge in [0, 0.05) is 12.6 Å². The molecule has 2 N–H and O–H groups in total. The summed E-state index contributed by atoms with van der Waals surface area (Å²) >= 11 is 0. The highest BCUT2D eigenvalue weighted by Crippen LogP contribution is 2.38. The van der Waals surface area contributed by atoms with Crippen molar-refractivity contribution in [3.8, 4) is 0 Å². The number of amides is 3. The Bertz CT molecular complexity index is 365. The minimum absolute atomic E-state index is 0.109. The predicted molar refractivity (Wildman–Crippen MR) is 78.3 cm³/mol. The van der Waals surface area contributed by atoms with Crippen LogP contribution in [0.2, 0.25) is 0 Å². The van der Waals surface area contributed by atoms with Crippen LogP contribution in [0, 0.1) is 11.3 Å². The van der Waals surface area contributed by atoms with Crippen LogP contribution >= 0.6 is 0 Å². The van der Waals surface area contributed by atoms with Crippen LogP contribution < -0.4 is 10.6 Å². The fourth-order valence-corrected chi connectivity index (χ4v) is 3.46. The smallest absolute Gasteiger partial charge is 0.324 e. The molecule has 1 aliphatic heterocycles. The quantitative estimate of drug-likeness (QED) is 0.596. The Morgan fingerprint density at radius 3 is 2.75 bits per heavy atom. The molecule has 0 aromatic rings. The molecule has 0 spiro atoms. The first-order chi connectivity index (χ1) is 9.39. The molecule has 0 aromatic heterocycles. The van der Waals surface area contributed by atoms with E-state index in [1.165, 1.54) is 24.2 Å². The van der Waals surface area contributed by atoms with Crippen molar-refractivity contribution in [3.05, 3.63) is 0 Å². The molecule has 5 nitrogen and oxygen atoms in total. The number of carbonyl (C=O) groups excluding carboxylic acids is 2. The number of nitrogens with one attached hydrogen (secondary N) is 2. The molecule has 5 heteroatoms. The van der Waals surface area contributed by atoms with Crippen LogP contribution in [0.1, 0.15) is 46.5 Å². The van der Waals surface area contributed by atoms with E-state index in [1.54, 1.807) is 0 Å². The summed E-state index contributed by atoms with van der Waals surface area (Å²) in [5.74, 6) is 0.582. The van der Waals surface area contributed by atoms with Gasteiger partial charge in [0.25, 0.3) is 0 Å². The highest BCUT2D eigenvalue weighted by atomic mass is 16.2. The van der Waals surface area contributed by atoms with Crippen LogP contribution in [0.5, 0.6) is 0 Å². The molecule has 2 fully saturated rings. The van der Waals surface area contributed by atoms with E-state index in [0.717, 1.165) is 13.0 Å². The summed E-state index contributed by atoms with van der Waals surface area (Å²) in [7, 11) is 0. The number of imide groups is 1. The fourth-order valence-electron chi connectivity index (χ4n) is 3.46. The third-order valence-corrected chi connectivity index (χ3v) is 4.60. The maximum atomic E-state index is 11.4. The lowest BCUT2D eigenvalue weighted by molar-refractivity contribution is -0.125. The van der Waals surface area contributed by atoms with Gasteiger partial charge in [0.2, 0.25) is 5.91 Å². The largest absolute Gasteiger partial charge is 0.329 e. The number of rotatable bonds is 5. The third-order valence-electron chi connectivity index (χ3n) is 4.60. The lowest BCUT2D eigenvalue weighted by atomic mass is 9.70. The molecule has 0 radical (unpaired) electrons. The van der Waals surface area contributed by atoms with Gasteiger partial charge in [-0.25, -0.2) is 4.79 Å². The monoisotopic (exact) mass is 281 g/mol. The van der Waals surface area contributed by atoms with Crippen molar-refractivity contribution in [3.63, 3.8) is 0 Å². The maximum Gasteiger partial charge on any atom is 0.324 e. The average Bonchev–Trinajstić information content (AvgIpc) is 2.67. The van der Waals surface area contributed by atoms with Crippen molar-refractivity contribution in [1.82, 2.24) is 15.5 Å². The zero-order valence-electron chi connectivity index (χ0n) is 12.9. The molecule has 20 heavy (non-hydrogen) atoms. The van der Waals surface area contributed by atoms with Gasteiger partial charge in [-0.3, -0.25) is 9.69 Å². The molecule has 1 saturated heterocycles. The standard InChI is InChI=1S/C15H27N3O2/c1-11-9-15(2,3)6-5-12(11)16-7-4-8-18-13(19)10-17-14(18)20/h11-12,16H,4-10H2,1-3H3,(H,17,20)/t11-,12+/m0/s1. The summed E-state index contributed by atoms with van der Waals surface area (Å²) in [6, 6.07) is 0.328. The van der Waals surface area contributed by atoms with Crippen LogP contribution in [-0.4, -0.2) is 42.5 Å². The molecule has 3 amide bonds. The van der Waals surface area contributed by atoms with E-state index >= 15 is 0 Å². The van der Waals surface area contributed by atoms with Crippen LogP contribution in [0.25, 0.3) is 0 Å². The van der Waals surface area contributed by atoms with Gasteiger partial charge in [-0.2, -0.15) is 0 Å². The first kappa shape index (κ1) is 15.3. The molecular formula is C15H27N3O2. The van der Waals surface area contributed by atoms with Crippen LogP contribution in [0.3, 0.4) is 0 Å². The normalized spacial score (nSPS) is 29.6. The number of carbonyl (C=O) groups is 2. The topological polar surface area (TPSA) is 61.4 Å².